The van der Waals surface area contributed by atoms with Crippen LogP contribution in [-0.2, 0) is 16.9 Å². The van der Waals surface area contributed by atoms with Gasteiger partial charge in [-0.05, 0) is 19.3 Å². The highest BCUT2D eigenvalue weighted by molar-refractivity contribution is 5.46. The highest BCUT2D eigenvalue weighted by atomic mass is 16.5. The highest BCUT2D eigenvalue weighted by Crippen LogP contribution is 2.43. The van der Waals surface area contributed by atoms with Gasteiger partial charge in [0.25, 0.3) is 0 Å². The van der Waals surface area contributed by atoms with Crippen molar-refractivity contribution >= 4 is 0 Å². The number of hydrogen-bond acceptors (Lipinski definition) is 3. The van der Waals surface area contributed by atoms with E-state index in [2.05, 4.69) is 6.07 Å². The highest BCUT2D eigenvalue weighted by Gasteiger charge is 2.37. The number of hydrogen-bond donors (Lipinski definition) is 1. The molecule has 1 fully saturated rings. The molecule has 0 unspecified atom stereocenters. The Kier molecular flexibility index (Phi) is 3.17. The van der Waals surface area contributed by atoms with E-state index in [1.807, 2.05) is 12.1 Å². The minimum absolute atomic E-state index is 0.185. The molecule has 2 rings (SSSR count). The van der Waals surface area contributed by atoms with Crippen LogP contribution in [0.2, 0.25) is 0 Å². The van der Waals surface area contributed by atoms with Gasteiger partial charge >= 0.3 is 0 Å². The van der Waals surface area contributed by atoms with E-state index in [0.717, 1.165) is 29.7 Å². The van der Waals surface area contributed by atoms with Gasteiger partial charge in [-0.1, -0.05) is 18.2 Å². The van der Waals surface area contributed by atoms with Crippen molar-refractivity contribution in [2.75, 3.05) is 14.2 Å². The quantitative estimate of drug-likeness (QED) is 0.847. The van der Waals surface area contributed by atoms with Crippen LogP contribution >= 0.6 is 0 Å². The summed E-state index contributed by atoms with van der Waals surface area (Å²) in [6, 6.07) is 6.12. The fourth-order valence-electron chi connectivity index (χ4n) is 2.31. The molecule has 2 N–H and O–H groups in total. The summed E-state index contributed by atoms with van der Waals surface area (Å²) in [6.07, 6.45) is 3.29. The van der Waals surface area contributed by atoms with Crippen molar-refractivity contribution in [1.82, 2.24) is 0 Å². The molecule has 1 aromatic rings. The van der Waals surface area contributed by atoms with Gasteiger partial charge in [0.1, 0.15) is 5.75 Å². The zero-order valence-electron chi connectivity index (χ0n) is 9.95. The molecule has 88 valence electrons. The SMILES string of the molecule is COCc1cccc(C2(N)CCC2)c1OC. The molecule has 0 saturated heterocycles. The molecule has 0 aromatic heterocycles. The van der Waals surface area contributed by atoms with E-state index in [0.29, 0.717) is 6.61 Å². The summed E-state index contributed by atoms with van der Waals surface area (Å²) < 4.78 is 10.7. The van der Waals surface area contributed by atoms with Crippen LogP contribution in [0.4, 0.5) is 0 Å². The van der Waals surface area contributed by atoms with Gasteiger partial charge in [0, 0.05) is 23.8 Å². The lowest BCUT2D eigenvalue weighted by Gasteiger charge is -2.39. The predicted molar refractivity (Wildman–Crippen MR) is 63.4 cm³/mol. The fraction of sp³-hybridized carbons (Fsp3) is 0.538. The molecule has 1 aliphatic rings. The van der Waals surface area contributed by atoms with E-state index in [1.54, 1.807) is 14.2 Å². The smallest absolute Gasteiger partial charge is 0.129 e. The summed E-state index contributed by atoms with van der Waals surface area (Å²) in [5.74, 6) is 0.895. The third kappa shape index (κ3) is 1.81. The summed E-state index contributed by atoms with van der Waals surface area (Å²) in [6.45, 7) is 0.563. The molecular formula is C13H19NO2. The first-order chi connectivity index (χ1) is 7.71. The van der Waals surface area contributed by atoms with Crippen LogP contribution < -0.4 is 10.5 Å². The van der Waals surface area contributed by atoms with Crippen LogP contribution in [0, 0.1) is 0 Å². The number of ether oxygens (including phenoxy) is 2. The summed E-state index contributed by atoms with van der Waals surface area (Å²) in [5.41, 5.74) is 8.35. The topological polar surface area (TPSA) is 44.5 Å². The first-order valence-electron chi connectivity index (χ1n) is 5.65. The van der Waals surface area contributed by atoms with E-state index in [4.69, 9.17) is 15.2 Å². The zero-order valence-corrected chi connectivity index (χ0v) is 9.95. The van der Waals surface area contributed by atoms with Crippen LogP contribution in [0.5, 0.6) is 5.75 Å². The van der Waals surface area contributed by atoms with Crippen molar-refractivity contribution in [3.8, 4) is 5.75 Å². The lowest BCUT2D eigenvalue weighted by molar-refractivity contribution is 0.180. The summed E-state index contributed by atoms with van der Waals surface area (Å²) in [7, 11) is 3.38. The number of methoxy groups -OCH3 is 2. The molecular weight excluding hydrogens is 202 g/mol. The molecule has 0 bridgehead atoms. The molecule has 0 atom stereocenters. The number of rotatable bonds is 4. The molecule has 16 heavy (non-hydrogen) atoms. The molecule has 3 nitrogen and oxygen atoms in total. The third-order valence-electron chi connectivity index (χ3n) is 3.38. The van der Waals surface area contributed by atoms with E-state index in [9.17, 15) is 0 Å². The molecule has 1 aromatic carbocycles. The van der Waals surface area contributed by atoms with Crippen LogP contribution in [0.1, 0.15) is 30.4 Å². The zero-order chi connectivity index (χ0) is 11.6. The van der Waals surface area contributed by atoms with Gasteiger partial charge in [0.2, 0.25) is 0 Å². The van der Waals surface area contributed by atoms with Gasteiger partial charge in [0.05, 0.1) is 13.7 Å². The van der Waals surface area contributed by atoms with Crippen molar-refractivity contribution in [3.63, 3.8) is 0 Å². The number of para-hydroxylation sites is 1. The lowest BCUT2D eigenvalue weighted by Crippen LogP contribution is -2.43. The van der Waals surface area contributed by atoms with Gasteiger partial charge in [-0.25, -0.2) is 0 Å². The predicted octanol–water partition coefficient (Wildman–Crippen LogP) is 2.18. The van der Waals surface area contributed by atoms with Gasteiger partial charge in [-0.2, -0.15) is 0 Å². The van der Waals surface area contributed by atoms with Crippen molar-refractivity contribution < 1.29 is 9.47 Å². The van der Waals surface area contributed by atoms with E-state index < -0.39 is 0 Å². The Bertz CT molecular complexity index is 372. The molecule has 1 aliphatic carbocycles. The second kappa shape index (κ2) is 4.44. The maximum atomic E-state index is 6.34. The normalized spacial score (nSPS) is 17.9. The van der Waals surface area contributed by atoms with E-state index >= 15 is 0 Å². The molecule has 0 heterocycles. The Hall–Kier alpha value is -1.06. The Morgan fingerprint density at radius 1 is 1.31 bits per heavy atom. The van der Waals surface area contributed by atoms with Crippen molar-refractivity contribution in [2.45, 2.75) is 31.4 Å². The fourth-order valence-corrected chi connectivity index (χ4v) is 2.31. The number of benzene rings is 1. The molecule has 0 spiro atoms. The summed E-state index contributed by atoms with van der Waals surface area (Å²) in [4.78, 5) is 0. The van der Waals surface area contributed by atoms with Crippen LogP contribution in [0.15, 0.2) is 18.2 Å². The van der Waals surface area contributed by atoms with Gasteiger partial charge < -0.3 is 15.2 Å². The molecule has 0 radical (unpaired) electrons. The van der Waals surface area contributed by atoms with Crippen LogP contribution in [0.25, 0.3) is 0 Å². The lowest BCUT2D eigenvalue weighted by atomic mass is 9.72. The first-order valence-corrected chi connectivity index (χ1v) is 5.65. The molecule has 0 amide bonds. The molecule has 1 saturated carbocycles. The standard InChI is InChI=1S/C13H19NO2/c1-15-9-10-5-3-6-11(12(10)16-2)13(14)7-4-8-13/h3,5-6H,4,7-9,14H2,1-2H3. The summed E-state index contributed by atoms with van der Waals surface area (Å²) in [5, 5.41) is 0. The van der Waals surface area contributed by atoms with Crippen molar-refractivity contribution in [2.24, 2.45) is 5.73 Å². The monoisotopic (exact) mass is 221 g/mol. The average Bonchev–Trinajstić information content (AvgIpc) is 2.26. The van der Waals surface area contributed by atoms with Gasteiger partial charge in [-0.3, -0.25) is 0 Å². The second-order valence-corrected chi connectivity index (χ2v) is 4.44. The van der Waals surface area contributed by atoms with E-state index in [1.165, 1.54) is 6.42 Å². The summed E-state index contributed by atoms with van der Waals surface area (Å²) >= 11 is 0. The third-order valence-corrected chi connectivity index (χ3v) is 3.38. The van der Waals surface area contributed by atoms with Gasteiger partial charge in [-0.15, -0.1) is 0 Å². The largest absolute Gasteiger partial charge is 0.496 e. The average molecular weight is 221 g/mol. The molecule has 0 aliphatic heterocycles. The van der Waals surface area contributed by atoms with Crippen molar-refractivity contribution in [3.05, 3.63) is 29.3 Å². The Morgan fingerprint density at radius 2 is 2.06 bits per heavy atom. The maximum absolute atomic E-state index is 6.34. The first kappa shape index (κ1) is 11.4. The molecule has 3 heteroatoms. The van der Waals surface area contributed by atoms with Gasteiger partial charge in [0.15, 0.2) is 0 Å². The second-order valence-electron chi connectivity index (χ2n) is 4.44. The van der Waals surface area contributed by atoms with E-state index in [-0.39, 0.29) is 5.54 Å². The van der Waals surface area contributed by atoms with Crippen LogP contribution in [-0.4, -0.2) is 14.2 Å². The Balaban J connectivity index is 2.40. The minimum atomic E-state index is -0.185. The Labute approximate surface area is 96.5 Å². The maximum Gasteiger partial charge on any atom is 0.129 e. The number of nitrogens with two attached hydrogens (primary N) is 1. The Morgan fingerprint density at radius 3 is 2.56 bits per heavy atom. The van der Waals surface area contributed by atoms with Crippen LogP contribution in [0.3, 0.4) is 0 Å². The minimum Gasteiger partial charge on any atom is -0.496 e. The van der Waals surface area contributed by atoms with Crippen molar-refractivity contribution in [1.29, 1.82) is 0 Å².